The van der Waals surface area contributed by atoms with Crippen LogP contribution in [0, 0.1) is 5.82 Å². The molecule has 1 heterocycles. The summed E-state index contributed by atoms with van der Waals surface area (Å²) in [4.78, 5) is 0. The second-order valence-corrected chi connectivity index (χ2v) is 9.05. The molecule has 1 aliphatic rings. The highest BCUT2D eigenvalue weighted by atomic mass is 32.2. The van der Waals surface area contributed by atoms with E-state index in [0.29, 0.717) is 24.8 Å². The van der Waals surface area contributed by atoms with Crippen LogP contribution in [0.4, 0.5) is 4.39 Å². The second kappa shape index (κ2) is 9.72. The molecule has 0 radical (unpaired) electrons. The summed E-state index contributed by atoms with van der Waals surface area (Å²) in [6, 6.07) is 16.0. The van der Waals surface area contributed by atoms with Gasteiger partial charge in [0.05, 0.1) is 12.3 Å². The van der Waals surface area contributed by atoms with Crippen LogP contribution in [-0.2, 0) is 10.2 Å². The summed E-state index contributed by atoms with van der Waals surface area (Å²) in [5.41, 5.74) is 2.60. The lowest BCUT2D eigenvalue weighted by atomic mass is 9.91. The molecule has 0 fully saturated rings. The standard InChI is InChI=1S/C21H25FN4O2S2/c1-4-25(5-2)30(27,28)24-21(29-3)26-15-19(16-9-7-6-8-10-16)20(23-26)17-11-13-18(22)14-12-17/h6-14,19H,4-5,15H2,1-3H3. The molecule has 0 spiro atoms. The summed E-state index contributed by atoms with van der Waals surface area (Å²) in [6.45, 7) is 4.70. The van der Waals surface area contributed by atoms with E-state index < -0.39 is 10.2 Å². The zero-order valence-electron chi connectivity index (χ0n) is 17.2. The van der Waals surface area contributed by atoms with Crippen molar-refractivity contribution in [2.24, 2.45) is 9.50 Å². The molecule has 2 aromatic rings. The van der Waals surface area contributed by atoms with E-state index in [1.807, 2.05) is 30.3 Å². The van der Waals surface area contributed by atoms with Gasteiger partial charge in [0, 0.05) is 19.0 Å². The number of hydrogen-bond donors (Lipinski definition) is 0. The van der Waals surface area contributed by atoms with Gasteiger partial charge in [0.15, 0.2) is 5.17 Å². The van der Waals surface area contributed by atoms with Crippen molar-refractivity contribution in [3.8, 4) is 0 Å². The fourth-order valence-electron chi connectivity index (χ4n) is 3.35. The van der Waals surface area contributed by atoms with E-state index in [4.69, 9.17) is 5.10 Å². The van der Waals surface area contributed by atoms with Gasteiger partial charge in [-0.25, -0.2) is 9.40 Å². The fraction of sp³-hybridized carbons (Fsp3) is 0.333. The Bertz CT molecular complexity index is 1020. The number of thioether (sulfide) groups is 1. The lowest BCUT2D eigenvalue weighted by Crippen LogP contribution is -2.32. The third kappa shape index (κ3) is 4.91. The van der Waals surface area contributed by atoms with Crippen molar-refractivity contribution in [3.63, 3.8) is 0 Å². The van der Waals surface area contributed by atoms with Crippen molar-refractivity contribution >= 4 is 32.9 Å². The van der Waals surface area contributed by atoms with Crippen LogP contribution in [0.25, 0.3) is 0 Å². The van der Waals surface area contributed by atoms with Crippen LogP contribution in [0.1, 0.15) is 30.9 Å². The molecular formula is C21H25FN4O2S2. The monoisotopic (exact) mass is 448 g/mol. The predicted molar refractivity (Wildman–Crippen MR) is 122 cm³/mol. The quantitative estimate of drug-likeness (QED) is 0.496. The van der Waals surface area contributed by atoms with Crippen molar-refractivity contribution in [3.05, 3.63) is 71.5 Å². The number of nitrogens with zero attached hydrogens (tertiary/aromatic N) is 4. The summed E-state index contributed by atoms with van der Waals surface area (Å²) in [6.07, 6.45) is 1.78. The molecule has 0 saturated carbocycles. The molecule has 0 aromatic heterocycles. The van der Waals surface area contributed by atoms with Crippen LogP contribution in [0.15, 0.2) is 64.1 Å². The number of amidine groups is 1. The van der Waals surface area contributed by atoms with Crippen LogP contribution < -0.4 is 0 Å². The van der Waals surface area contributed by atoms with Gasteiger partial charge in [0.1, 0.15) is 5.82 Å². The molecule has 0 bridgehead atoms. The fourth-order valence-corrected chi connectivity index (χ4v) is 5.31. The van der Waals surface area contributed by atoms with Crippen molar-refractivity contribution in [1.29, 1.82) is 0 Å². The molecule has 2 aromatic carbocycles. The first kappa shape index (κ1) is 22.5. The normalized spacial score (nSPS) is 17.5. The Hall–Kier alpha value is -2.23. The van der Waals surface area contributed by atoms with Gasteiger partial charge in [-0.1, -0.05) is 68.1 Å². The van der Waals surface area contributed by atoms with Crippen LogP contribution in [0.3, 0.4) is 0 Å². The Morgan fingerprint density at radius 3 is 2.37 bits per heavy atom. The first-order chi connectivity index (χ1) is 14.4. The molecule has 30 heavy (non-hydrogen) atoms. The Labute approximate surface area is 181 Å². The largest absolute Gasteiger partial charge is 0.324 e. The van der Waals surface area contributed by atoms with Gasteiger partial charge >= 0.3 is 10.2 Å². The van der Waals surface area contributed by atoms with Gasteiger partial charge in [-0.15, -0.1) is 4.40 Å². The van der Waals surface area contributed by atoms with Crippen molar-refractivity contribution in [1.82, 2.24) is 9.31 Å². The van der Waals surface area contributed by atoms with Gasteiger partial charge in [-0.3, -0.25) is 0 Å². The Balaban J connectivity index is 2.02. The first-order valence-corrected chi connectivity index (χ1v) is 12.3. The highest BCUT2D eigenvalue weighted by Gasteiger charge is 2.32. The summed E-state index contributed by atoms with van der Waals surface area (Å²) < 4.78 is 44.1. The van der Waals surface area contributed by atoms with E-state index >= 15 is 0 Å². The minimum atomic E-state index is -3.80. The summed E-state index contributed by atoms with van der Waals surface area (Å²) in [5.74, 6) is -0.410. The smallest absolute Gasteiger partial charge is 0.240 e. The molecule has 1 atom stereocenters. The third-order valence-corrected chi connectivity index (χ3v) is 7.24. The average molecular weight is 449 g/mol. The molecule has 0 saturated heterocycles. The summed E-state index contributed by atoms with van der Waals surface area (Å²) in [5, 5.41) is 6.64. The Morgan fingerprint density at radius 1 is 1.17 bits per heavy atom. The zero-order chi connectivity index (χ0) is 21.7. The lowest BCUT2D eigenvalue weighted by Gasteiger charge is -2.19. The van der Waals surface area contributed by atoms with Gasteiger partial charge in [-0.05, 0) is 29.5 Å². The number of benzene rings is 2. The van der Waals surface area contributed by atoms with Crippen molar-refractivity contribution < 1.29 is 12.8 Å². The number of hydrogen-bond acceptors (Lipinski definition) is 4. The number of halogens is 1. The molecule has 1 aliphatic heterocycles. The molecule has 160 valence electrons. The van der Waals surface area contributed by atoms with Crippen LogP contribution in [-0.4, -0.2) is 54.5 Å². The SMILES string of the molecule is CCN(CC)S(=O)(=O)N=C(SC)N1CC(c2ccccc2)C(c2ccc(F)cc2)=N1. The molecule has 0 N–H and O–H groups in total. The molecule has 3 rings (SSSR count). The molecule has 0 aliphatic carbocycles. The summed E-state index contributed by atoms with van der Waals surface area (Å²) >= 11 is 1.23. The number of hydrazone groups is 1. The lowest BCUT2D eigenvalue weighted by molar-refractivity contribution is 0.443. The first-order valence-electron chi connectivity index (χ1n) is 9.70. The molecule has 0 amide bonds. The minimum absolute atomic E-state index is 0.0924. The van der Waals surface area contributed by atoms with Gasteiger partial charge in [0.25, 0.3) is 0 Å². The molecular weight excluding hydrogens is 423 g/mol. The maximum Gasteiger partial charge on any atom is 0.324 e. The third-order valence-electron chi connectivity index (χ3n) is 4.88. The van der Waals surface area contributed by atoms with Crippen LogP contribution in [0.2, 0.25) is 0 Å². The van der Waals surface area contributed by atoms with Crippen LogP contribution >= 0.6 is 11.8 Å². The van der Waals surface area contributed by atoms with E-state index in [1.54, 1.807) is 37.2 Å². The van der Waals surface area contributed by atoms with Gasteiger partial charge in [-0.2, -0.15) is 17.8 Å². The average Bonchev–Trinajstić information content (AvgIpc) is 3.19. The van der Waals surface area contributed by atoms with Crippen molar-refractivity contribution in [2.45, 2.75) is 19.8 Å². The van der Waals surface area contributed by atoms with Crippen LogP contribution in [0.5, 0.6) is 0 Å². The van der Waals surface area contributed by atoms with E-state index in [0.717, 1.165) is 16.8 Å². The Morgan fingerprint density at radius 2 is 1.80 bits per heavy atom. The summed E-state index contributed by atoms with van der Waals surface area (Å²) in [7, 11) is -3.80. The maximum atomic E-state index is 13.4. The highest BCUT2D eigenvalue weighted by Crippen LogP contribution is 2.30. The number of rotatable bonds is 6. The predicted octanol–water partition coefficient (Wildman–Crippen LogP) is 3.93. The minimum Gasteiger partial charge on any atom is -0.240 e. The van der Waals surface area contributed by atoms with E-state index in [2.05, 4.69) is 4.40 Å². The molecule has 1 unspecified atom stereocenters. The molecule has 9 heteroatoms. The second-order valence-electron chi connectivity index (χ2n) is 6.68. The highest BCUT2D eigenvalue weighted by molar-refractivity contribution is 8.13. The van der Waals surface area contributed by atoms with Gasteiger partial charge < -0.3 is 0 Å². The maximum absolute atomic E-state index is 13.4. The Kier molecular flexibility index (Phi) is 7.27. The topological polar surface area (TPSA) is 65.3 Å². The van der Waals surface area contributed by atoms with Crippen molar-refractivity contribution in [2.75, 3.05) is 25.9 Å². The van der Waals surface area contributed by atoms with Gasteiger partial charge in [0.2, 0.25) is 0 Å². The van der Waals surface area contributed by atoms with E-state index in [1.165, 1.54) is 28.2 Å². The van der Waals surface area contributed by atoms with E-state index in [-0.39, 0.29) is 11.7 Å². The zero-order valence-corrected chi connectivity index (χ0v) is 18.8. The van der Waals surface area contributed by atoms with E-state index in [9.17, 15) is 12.8 Å². The molecule has 6 nitrogen and oxygen atoms in total.